The van der Waals surface area contributed by atoms with E-state index in [4.69, 9.17) is 4.74 Å². The van der Waals surface area contributed by atoms with Gasteiger partial charge in [-0.15, -0.1) is 0 Å². The van der Waals surface area contributed by atoms with Crippen LogP contribution in [-0.4, -0.2) is 47.3 Å². The molecule has 1 amide bonds. The van der Waals surface area contributed by atoms with E-state index in [9.17, 15) is 9.90 Å². The summed E-state index contributed by atoms with van der Waals surface area (Å²) in [5.74, 6) is 1.19. The van der Waals surface area contributed by atoms with Crippen molar-refractivity contribution in [2.75, 3.05) is 19.6 Å². The van der Waals surface area contributed by atoms with E-state index in [1.165, 1.54) is 0 Å². The first-order valence-electron chi connectivity index (χ1n) is 9.61. The number of benzene rings is 1. The number of rotatable bonds is 5. The lowest BCUT2D eigenvalue weighted by atomic mass is 9.73. The molecule has 2 bridgehead atoms. The summed E-state index contributed by atoms with van der Waals surface area (Å²) in [6.45, 7) is 3.45. The summed E-state index contributed by atoms with van der Waals surface area (Å²) in [7, 11) is 0. The number of hydrogen-bond acceptors (Lipinski definition) is 5. The molecule has 3 aliphatic heterocycles. The molecule has 1 aromatic heterocycles. The van der Waals surface area contributed by atoms with Gasteiger partial charge in [0.1, 0.15) is 5.75 Å². The molecule has 27 heavy (non-hydrogen) atoms. The Bertz CT molecular complexity index is 840. The number of thiophene rings is 1. The van der Waals surface area contributed by atoms with Gasteiger partial charge in [-0.2, -0.15) is 11.3 Å². The highest BCUT2D eigenvalue weighted by atomic mass is 32.1. The Morgan fingerprint density at radius 1 is 1.41 bits per heavy atom. The largest absolute Gasteiger partial charge is 0.508 e. The Kier molecular flexibility index (Phi) is 4.22. The second-order valence-corrected chi connectivity index (χ2v) is 8.87. The smallest absolute Gasteiger partial charge is 0.252 e. The molecule has 2 N–H and O–H groups in total. The lowest BCUT2D eigenvalue weighted by Crippen LogP contribution is -2.41. The maximum atomic E-state index is 12.3. The van der Waals surface area contributed by atoms with Crippen LogP contribution < -0.4 is 5.32 Å². The molecule has 5 nitrogen and oxygen atoms in total. The van der Waals surface area contributed by atoms with Crippen molar-refractivity contribution in [1.82, 2.24) is 10.2 Å². The van der Waals surface area contributed by atoms with Crippen molar-refractivity contribution in [2.24, 2.45) is 11.8 Å². The number of carbonyl (C=O) groups excluding carboxylic acids is 1. The van der Waals surface area contributed by atoms with Gasteiger partial charge in [-0.05, 0) is 42.0 Å². The van der Waals surface area contributed by atoms with Crippen LogP contribution in [0.15, 0.2) is 41.1 Å². The van der Waals surface area contributed by atoms with E-state index in [1.54, 1.807) is 17.4 Å². The summed E-state index contributed by atoms with van der Waals surface area (Å²) < 4.78 is 6.47. The number of carbonyl (C=O) groups is 1. The van der Waals surface area contributed by atoms with E-state index in [0.29, 0.717) is 24.1 Å². The minimum absolute atomic E-state index is 0.0164. The number of nitrogens with one attached hydrogen (secondary N) is 1. The summed E-state index contributed by atoms with van der Waals surface area (Å²) in [5.41, 5.74) is 1.83. The van der Waals surface area contributed by atoms with Gasteiger partial charge in [0.25, 0.3) is 5.91 Å². The molecule has 4 heterocycles. The second kappa shape index (κ2) is 6.62. The van der Waals surface area contributed by atoms with Gasteiger partial charge in [0.15, 0.2) is 0 Å². The molecule has 142 valence electrons. The van der Waals surface area contributed by atoms with Crippen LogP contribution in [0, 0.1) is 11.8 Å². The van der Waals surface area contributed by atoms with Crippen LogP contribution in [0.3, 0.4) is 0 Å². The highest BCUT2D eigenvalue weighted by molar-refractivity contribution is 7.08. The van der Waals surface area contributed by atoms with E-state index < -0.39 is 0 Å². The van der Waals surface area contributed by atoms with E-state index in [-0.39, 0.29) is 17.6 Å². The maximum absolute atomic E-state index is 12.3. The Labute approximate surface area is 163 Å². The number of phenols is 1. The van der Waals surface area contributed by atoms with Gasteiger partial charge in [0, 0.05) is 49.0 Å². The zero-order chi connectivity index (χ0) is 18.4. The van der Waals surface area contributed by atoms with Crippen molar-refractivity contribution in [3.8, 4) is 5.75 Å². The van der Waals surface area contributed by atoms with Crippen molar-refractivity contribution in [3.05, 3.63) is 52.2 Å². The van der Waals surface area contributed by atoms with Crippen molar-refractivity contribution in [1.29, 1.82) is 0 Å². The third-order valence-corrected chi connectivity index (χ3v) is 7.14. The first kappa shape index (κ1) is 17.2. The number of hydrogen-bond donors (Lipinski definition) is 2. The van der Waals surface area contributed by atoms with Crippen LogP contribution >= 0.6 is 11.3 Å². The third kappa shape index (κ3) is 3.06. The molecule has 5 rings (SSSR count). The fourth-order valence-electron chi connectivity index (χ4n) is 5.30. The molecule has 3 saturated heterocycles. The lowest BCUT2D eigenvalue weighted by molar-refractivity contribution is 0.00212. The first-order valence-corrected chi connectivity index (χ1v) is 10.6. The summed E-state index contributed by atoms with van der Waals surface area (Å²) in [6.07, 6.45) is 2.49. The zero-order valence-corrected chi connectivity index (χ0v) is 16.0. The van der Waals surface area contributed by atoms with Gasteiger partial charge in [-0.25, -0.2) is 0 Å². The molecule has 2 aromatic rings. The fraction of sp³-hybridized carbons (Fsp3) is 0.476. The Hall–Kier alpha value is -1.89. The maximum Gasteiger partial charge on any atom is 0.252 e. The summed E-state index contributed by atoms with van der Waals surface area (Å²) >= 11 is 1.54. The molecule has 3 aliphatic rings. The van der Waals surface area contributed by atoms with Gasteiger partial charge in [0.2, 0.25) is 0 Å². The minimum Gasteiger partial charge on any atom is -0.508 e. The van der Waals surface area contributed by atoms with Gasteiger partial charge in [-0.3, -0.25) is 9.69 Å². The van der Waals surface area contributed by atoms with Crippen LogP contribution in [-0.2, 0) is 11.3 Å². The molecule has 0 unspecified atom stereocenters. The number of likely N-dealkylation sites (tertiary alicyclic amines) is 1. The highest BCUT2D eigenvalue weighted by Gasteiger charge is 2.62. The second-order valence-electron chi connectivity index (χ2n) is 8.09. The molecule has 1 spiro atoms. The number of fused-ring (bicyclic) bond motifs is 1. The number of nitrogens with zero attached hydrogens (tertiary/aromatic N) is 1. The Balaban J connectivity index is 1.26. The van der Waals surface area contributed by atoms with Crippen LogP contribution in [0.1, 0.15) is 28.8 Å². The Morgan fingerprint density at radius 3 is 3.15 bits per heavy atom. The SMILES string of the molecule is O=C(NC[C@H]1[C@H]2CN(Cc3cccc(O)c3)C[C@]23CC[C@H]1O3)c1ccsc1. The first-order chi connectivity index (χ1) is 13.1. The van der Waals surface area contributed by atoms with Crippen molar-refractivity contribution in [2.45, 2.75) is 31.1 Å². The van der Waals surface area contributed by atoms with Crippen LogP contribution in [0.5, 0.6) is 5.75 Å². The summed E-state index contributed by atoms with van der Waals surface area (Å²) in [4.78, 5) is 14.8. The van der Waals surface area contributed by atoms with E-state index in [1.807, 2.05) is 29.0 Å². The van der Waals surface area contributed by atoms with Crippen LogP contribution in [0.4, 0.5) is 0 Å². The predicted molar refractivity (Wildman–Crippen MR) is 104 cm³/mol. The van der Waals surface area contributed by atoms with Gasteiger partial charge >= 0.3 is 0 Å². The fourth-order valence-corrected chi connectivity index (χ4v) is 5.94. The average molecular weight is 385 g/mol. The molecule has 1 aromatic carbocycles. The molecule has 6 heteroatoms. The third-order valence-electron chi connectivity index (χ3n) is 6.45. The van der Waals surface area contributed by atoms with Gasteiger partial charge < -0.3 is 15.2 Å². The summed E-state index contributed by atoms with van der Waals surface area (Å²) in [5, 5.41) is 16.7. The Morgan fingerprint density at radius 2 is 2.33 bits per heavy atom. The standard InChI is InChI=1S/C21H24N2O3S/c24-16-3-1-2-14(8-16)10-23-11-18-17(19-4-6-21(18,13-23)26-19)9-22-20(25)15-5-7-27-12-15/h1-3,5,7-8,12,17-19,24H,4,6,9-11,13H2,(H,22,25)/t17-,18+,19+,21+/m0/s1. The molecule has 0 saturated carbocycles. The van der Waals surface area contributed by atoms with E-state index in [0.717, 1.165) is 43.6 Å². The monoisotopic (exact) mass is 384 g/mol. The topological polar surface area (TPSA) is 61.8 Å². The van der Waals surface area contributed by atoms with Gasteiger partial charge in [-0.1, -0.05) is 12.1 Å². The minimum atomic E-state index is -0.0424. The molecular formula is C21H24N2O3S. The number of phenolic OH excluding ortho intramolecular Hbond substituents is 1. The number of amides is 1. The van der Waals surface area contributed by atoms with Gasteiger partial charge in [0.05, 0.1) is 11.7 Å². The van der Waals surface area contributed by atoms with Crippen molar-refractivity contribution < 1.29 is 14.6 Å². The molecule has 4 atom stereocenters. The van der Waals surface area contributed by atoms with Crippen molar-refractivity contribution in [3.63, 3.8) is 0 Å². The molecule has 0 radical (unpaired) electrons. The molecule has 0 aliphatic carbocycles. The highest BCUT2D eigenvalue weighted by Crippen LogP contribution is 2.54. The van der Waals surface area contributed by atoms with Crippen LogP contribution in [0.2, 0.25) is 0 Å². The van der Waals surface area contributed by atoms with E-state index in [2.05, 4.69) is 16.3 Å². The summed E-state index contributed by atoms with van der Waals surface area (Å²) in [6, 6.07) is 9.36. The van der Waals surface area contributed by atoms with Crippen LogP contribution in [0.25, 0.3) is 0 Å². The average Bonchev–Trinajstić information content (AvgIpc) is 3.40. The lowest BCUT2D eigenvalue weighted by Gasteiger charge is -2.29. The number of aromatic hydroxyl groups is 1. The quantitative estimate of drug-likeness (QED) is 0.832. The normalized spacial score (nSPS) is 31.9. The zero-order valence-electron chi connectivity index (χ0n) is 15.1. The predicted octanol–water partition coefficient (Wildman–Crippen LogP) is 2.86. The molecule has 3 fully saturated rings. The number of ether oxygens (including phenoxy) is 1. The van der Waals surface area contributed by atoms with E-state index >= 15 is 0 Å². The van der Waals surface area contributed by atoms with Crippen molar-refractivity contribution >= 4 is 17.2 Å². The molecular weight excluding hydrogens is 360 g/mol.